The van der Waals surface area contributed by atoms with E-state index in [1.807, 2.05) is 26.0 Å². The number of carbonyl (C=O) groups excluding carboxylic acids is 3. The third-order valence-corrected chi connectivity index (χ3v) is 5.28. The first-order chi connectivity index (χ1) is 12.5. The van der Waals surface area contributed by atoms with Gasteiger partial charge in [0, 0.05) is 18.7 Å². The molecule has 0 radical (unpaired) electrons. The van der Waals surface area contributed by atoms with Crippen molar-refractivity contribution in [3.05, 3.63) is 64.2 Å². The van der Waals surface area contributed by atoms with E-state index in [9.17, 15) is 14.4 Å². The molecule has 0 aromatic heterocycles. The summed E-state index contributed by atoms with van der Waals surface area (Å²) < 4.78 is 0. The predicted molar refractivity (Wildman–Crippen MR) is 98.6 cm³/mol. The van der Waals surface area contributed by atoms with Gasteiger partial charge >= 0.3 is 0 Å². The number of imide groups is 1. The maximum Gasteiger partial charge on any atom is 0.266 e. The van der Waals surface area contributed by atoms with Gasteiger partial charge in [0.25, 0.3) is 17.7 Å². The first kappa shape index (κ1) is 16.5. The molecule has 0 spiro atoms. The Morgan fingerprint density at radius 3 is 2.23 bits per heavy atom. The van der Waals surface area contributed by atoms with E-state index in [0.717, 1.165) is 37.1 Å². The highest BCUT2D eigenvalue weighted by molar-refractivity contribution is 6.34. The van der Waals surface area contributed by atoms with Gasteiger partial charge in [0.05, 0.1) is 16.8 Å². The first-order valence-electron chi connectivity index (χ1n) is 8.87. The Bertz CT molecular complexity index is 942. The van der Waals surface area contributed by atoms with E-state index in [0.29, 0.717) is 22.4 Å². The molecule has 132 valence electrons. The van der Waals surface area contributed by atoms with Crippen LogP contribution in [-0.4, -0.2) is 35.7 Å². The molecular weight excluding hydrogens is 328 g/mol. The maximum absolute atomic E-state index is 12.9. The highest BCUT2D eigenvalue weighted by Gasteiger charge is 2.37. The number of amides is 3. The van der Waals surface area contributed by atoms with Gasteiger partial charge in [-0.2, -0.15) is 0 Å². The molecule has 1 saturated heterocycles. The zero-order valence-corrected chi connectivity index (χ0v) is 14.9. The van der Waals surface area contributed by atoms with Gasteiger partial charge < -0.3 is 4.90 Å². The average molecular weight is 348 g/mol. The van der Waals surface area contributed by atoms with Crippen LogP contribution in [0.4, 0.5) is 5.69 Å². The molecule has 0 bridgehead atoms. The molecule has 5 nitrogen and oxygen atoms in total. The summed E-state index contributed by atoms with van der Waals surface area (Å²) in [6, 6.07) is 10.3. The third-order valence-electron chi connectivity index (χ3n) is 5.28. The second-order valence-corrected chi connectivity index (χ2v) is 6.97. The van der Waals surface area contributed by atoms with Gasteiger partial charge in [-0.3, -0.25) is 14.4 Å². The van der Waals surface area contributed by atoms with Crippen LogP contribution in [0.2, 0.25) is 0 Å². The summed E-state index contributed by atoms with van der Waals surface area (Å²) in [4.78, 5) is 41.2. The molecule has 5 heteroatoms. The lowest BCUT2D eigenvalue weighted by atomic mass is 10.0. The predicted octanol–water partition coefficient (Wildman–Crippen LogP) is 3.34. The molecule has 0 aliphatic carbocycles. The third kappa shape index (κ3) is 2.51. The second-order valence-electron chi connectivity index (χ2n) is 6.97. The zero-order chi connectivity index (χ0) is 18.4. The number of benzene rings is 2. The van der Waals surface area contributed by atoms with Gasteiger partial charge in [0.1, 0.15) is 0 Å². The molecule has 3 amide bonds. The topological polar surface area (TPSA) is 57.7 Å². The number of hydrogen-bond acceptors (Lipinski definition) is 3. The van der Waals surface area contributed by atoms with Crippen LogP contribution in [0.25, 0.3) is 0 Å². The van der Waals surface area contributed by atoms with Gasteiger partial charge in [-0.25, -0.2) is 4.90 Å². The minimum atomic E-state index is -0.371. The minimum absolute atomic E-state index is 0.0739. The number of hydrogen-bond donors (Lipinski definition) is 0. The zero-order valence-electron chi connectivity index (χ0n) is 14.9. The molecule has 2 aromatic carbocycles. The molecule has 1 fully saturated rings. The van der Waals surface area contributed by atoms with Crippen molar-refractivity contribution in [1.29, 1.82) is 0 Å². The summed E-state index contributed by atoms with van der Waals surface area (Å²) >= 11 is 0. The van der Waals surface area contributed by atoms with Crippen molar-refractivity contribution in [1.82, 2.24) is 4.90 Å². The van der Waals surface area contributed by atoms with Crippen LogP contribution in [0.3, 0.4) is 0 Å². The lowest BCUT2D eigenvalue weighted by Crippen LogP contribution is -2.29. The largest absolute Gasteiger partial charge is 0.339 e. The normalized spacial score (nSPS) is 16.4. The molecule has 0 atom stereocenters. The molecule has 0 unspecified atom stereocenters. The quantitative estimate of drug-likeness (QED) is 0.782. The highest BCUT2D eigenvalue weighted by atomic mass is 16.2. The Kier molecular flexibility index (Phi) is 3.87. The van der Waals surface area contributed by atoms with Crippen molar-refractivity contribution in [3.63, 3.8) is 0 Å². The Hall–Kier alpha value is -2.95. The van der Waals surface area contributed by atoms with Crippen molar-refractivity contribution in [2.24, 2.45) is 0 Å². The Labute approximate surface area is 152 Å². The number of aryl methyl sites for hydroxylation is 2. The van der Waals surface area contributed by atoms with E-state index in [4.69, 9.17) is 0 Å². The summed E-state index contributed by atoms with van der Waals surface area (Å²) in [6.45, 7) is 5.43. The van der Waals surface area contributed by atoms with Crippen molar-refractivity contribution in [3.8, 4) is 0 Å². The Balaban J connectivity index is 1.70. The van der Waals surface area contributed by atoms with Gasteiger partial charge in [0.15, 0.2) is 0 Å². The van der Waals surface area contributed by atoms with Crippen LogP contribution in [0, 0.1) is 13.8 Å². The van der Waals surface area contributed by atoms with Gasteiger partial charge in [-0.1, -0.05) is 6.07 Å². The lowest BCUT2D eigenvalue weighted by Gasteiger charge is -2.15. The van der Waals surface area contributed by atoms with Gasteiger partial charge in [-0.15, -0.1) is 0 Å². The van der Waals surface area contributed by atoms with Gasteiger partial charge in [-0.05, 0) is 68.1 Å². The van der Waals surface area contributed by atoms with Crippen LogP contribution in [0.5, 0.6) is 0 Å². The smallest absolute Gasteiger partial charge is 0.266 e. The van der Waals surface area contributed by atoms with Crippen LogP contribution in [-0.2, 0) is 0 Å². The highest BCUT2D eigenvalue weighted by Crippen LogP contribution is 2.30. The van der Waals surface area contributed by atoms with Crippen LogP contribution in [0.15, 0.2) is 36.4 Å². The van der Waals surface area contributed by atoms with Crippen molar-refractivity contribution >= 4 is 23.4 Å². The maximum atomic E-state index is 12.9. The van der Waals surface area contributed by atoms with Crippen molar-refractivity contribution < 1.29 is 14.4 Å². The molecule has 0 saturated carbocycles. The second kappa shape index (κ2) is 6.09. The summed E-state index contributed by atoms with van der Waals surface area (Å²) in [5.41, 5.74) is 3.80. The molecule has 0 N–H and O–H groups in total. The fraction of sp³-hybridized carbons (Fsp3) is 0.286. The standard InChI is InChI=1S/C21H20N2O3/c1-13-5-7-16(11-14(13)2)23-20(25)17-8-6-15(12-18(17)21(23)26)19(24)22-9-3-4-10-22/h5-8,11-12H,3-4,9-10H2,1-2H3. The van der Waals surface area contributed by atoms with Crippen LogP contribution in [0.1, 0.15) is 55.0 Å². The van der Waals surface area contributed by atoms with Gasteiger partial charge in [0.2, 0.25) is 0 Å². The molecule has 4 rings (SSSR count). The lowest BCUT2D eigenvalue weighted by molar-refractivity contribution is 0.0792. The van der Waals surface area contributed by atoms with E-state index in [1.165, 1.54) is 4.90 Å². The number of anilines is 1. The summed E-state index contributed by atoms with van der Waals surface area (Å²) in [5, 5.41) is 0. The molecule has 2 aliphatic heterocycles. The van der Waals surface area contributed by atoms with E-state index in [1.54, 1.807) is 29.2 Å². The minimum Gasteiger partial charge on any atom is -0.339 e. The molecule has 2 aromatic rings. The Morgan fingerprint density at radius 2 is 1.54 bits per heavy atom. The van der Waals surface area contributed by atoms with E-state index < -0.39 is 0 Å². The SMILES string of the molecule is Cc1ccc(N2C(=O)c3ccc(C(=O)N4CCCC4)cc3C2=O)cc1C. The van der Waals surface area contributed by atoms with Crippen molar-refractivity contribution in [2.45, 2.75) is 26.7 Å². The molecular formula is C21H20N2O3. The first-order valence-corrected chi connectivity index (χ1v) is 8.87. The monoisotopic (exact) mass is 348 g/mol. The molecule has 2 aliphatic rings. The fourth-order valence-electron chi connectivity index (χ4n) is 3.58. The number of nitrogens with zero attached hydrogens (tertiary/aromatic N) is 2. The number of likely N-dealkylation sites (tertiary alicyclic amines) is 1. The van der Waals surface area contributed by atoms with E-state index in [2.05, 4.69) is 0 Å². The van der Waals surface area contributed by atoms with E-state index in [-0.39, 0.29) is 17.7 Å². The fourth-order valence-corrected chi connectivity index (χ4v) is 3.58. The number of fused-ring (bicyclic) bond motifs is 1. The molecule has 2 heterocycles. The summed E-state index contributed by atoms with van der Waals surface area (Å²) in [7, 11) is 0. The van der Waals surface area contributed by atoms with E-state index >= 15 is 0 Å². The summed E-state index contributed by atoms with van der Waals surface area (Å²) in [6.07, 6.45) is 2.02. The Morgan fingerprint density at radius 1 is 0.846 bits per heavy atom. The average Bonchev–Trinajstić information content (AvgIpc) is 3.25. The summed E-state index contributed by atoms with van der Waals surface area (Å²) in [5.74, 6) is -0.784. The van der Waals surface area contributed by atoms with Crippen LogP contribution >= 0.6 is 0 Å². The van der Waals surface area contributed by atoms with Crippen LogP contribution < -0.4 is 4.90 Å². The molecule has 26 heavy (non-hydrogen) atoms. The van der Waals surface area contributed by atoms with Crippen molar-refractivity contribution in [2.75, 3.05) is 18.0 Å². The number of rotatable bonds is 2. The number of carbonyl (C=O) groups is 3.